The molecule has 0 N–H and O–H groups in total. The van der Waals surface area contributed by atoms with Gasteiger partial charge in [-0.15, -0.1) is 10.2 Å². The first-order valence-electron chi connectivity index (χ1n) is 7.93. The number of hydrogen-bond donors (Lipinski definition) is 0. The van der Waals surface area contributed by atoms with Crippen molar-refractivity contribution in [2.24, 2.45) is 7.05 Å². The minimum absolute atomic E-state index is 0.201. The fraction of sp³-hybridized carbons (Fsp3) is 0.222. The third-order valence-electron chi connectivity index (χ3n) is 3.84. The van der Waals surface area contributed by atoms with Crippen LogP contribution in [0, 0.1) is 5.82 Å². The van der Waals surface area contributed by atoms with Gasteiger partial charge in [-0.2, -0.15) is 0 Å². The molecule has 0 aliphatic heterocycles. The quantitative estimate of drug-likeness (QED) is 0.414. The second-order valence-electron chi connectivity index (χ2n) is 5.72. The van der Waals surface area contributed by atoms with Crippen molar-refractivity contribution in [1.29, 1.82) is 0 Å². The Morgan fingerprint density at radius 2 is 1.81 bits per heavy atom. The summed E-state index contributed by atoms with van der Waals surface area (Å²) in [5, 5.41) is 10.5. The highest BCUT2D eigenvalue weighted by Gasteiger charge is 2.19. The molecule has 2 aromatic carbocycles. The van der Waals surface area contributed by atoms with E-state index in [1.807, 2.05) is 18.5 Å². The molecule has 9 heteroatoms. The number of nitrogens with zero attached hydrogens (tertiary/aromatic N) is 3. The lowest BCUT2D eigenvalue weighted by atomic mass is 10.2. The molecule has 0 radical (unpaired) electrons. The lowest BCUT2D eigenvalue weighted by Crippen LogP contribution is -2.10. The first-order chi connectivity index (χ1) is 12.9. The molecule has 0 amide bonds. The molecule has 0 aliphatic rings. The molecule has 0 saturated heterocycles. The standard InChI is InChI=1S/C18H15Cl3FN3OS/c1-10(26-16-7-6-11(22)8-15(16)21)17-23-24-18(25(17)2)27-9-12-13(19)4-3-5-14(12)20/h3-8,10H,9H2,1-2H3. The van der Waals surface area contributed by atoms with Gasteiger partial charge in [0.2, 0.25) is 0 Å². The first kappa shape index (κ1) is 20.3. The van der Waals surface area contributed by atoms with Crippen LogP contribution in [-0.2, 0) is 12.8 Å². The molecule has 0 saturated carbocycles. The summed E-state index contributed by atoms with van der Waals surface area (Å²) < 4.78 is 20.8. The van der Waals surface area contributed by atoms with Crippen molar-refractivity contribution < 1.29 is 9.13 Å². The van der Waals surface area contributed by atoms with E-state index in [1.165, 1.54) is 30.0 Å². The minimum atomic E-state index is -0.427. The Balaban J connectivity index is 1.72. The molecule has 0 fully saturated rings. The maximum absolute atomic E-state index is 13.2. The molecule has 0 spiro atoms. The van der Waals surface area contributed by atoms with Gasteiger partial charge < -0.3 is 9.30 Å². The third-order valence-corrected chi connectivity index (χ3v) is 5.89. The maximum Gasteiger partial charge on any atom is 0.191 e. The summed E-state index contributed by atoms with van der Waals surface area (Å²) in [4.78, 5) is 0. The SMILES string of the molecule is CC(Oc1ccc(F)cc1Cl)c1nnc(SCc2c(Cl)cccc2Cl)n1C. The summed E-state index contributed by atoms with van der Waals surface area (Å²) in [6, 6.07) is 9.38. The van der Waals surface area contributed by atoms with Gasteiger partial charge in [0.1, 0.15) is 11.6 Å². The molecule has 1 heterocycles. The second kappa shape index (κ2) is 8.69. The van der Waals surface area contributed by atoms with Gasteiger partial charge >= 0.3 is 0 Å². The third kappa shape index (κ3) is 4.69. The van der Waals surface area contributed by atoms with Crippen LogP contribution in [0.15, 0.2) is 41.6 Å². The van der Waals surface area contributed by atoms with E-state index in [2.05, 4.69) is 10.2 Å². The van der Waals surface area contributed by atoms with Crippen LogP contribution in [0.3, 0.4) is 0 Å². The predicted molar refractivity (Wildman–Crippen MR) is 107 cm³/mol. The number of thioether (sulfide) groups is 1. The Hall–Kier alpha value is -1.47. The number of halogens is 4. The highest BCUT2D eigenvalue weighted by Crippen LogP contribution is 2.33. The van der Waals surface area contributed by atoms with E-state index in [4.69, 9.17) is 39.5 Å². The van der Waals surface area contributed by atoms with Crippen LogP contribution in [0.1, 0.15) is 24.4 Å². The lowest BCUT2D eigenvalue weighted by molar-refractivity contribution is 0.211. The van der Waals surface area contributed by atoms with Crippen LogP contribution in [0.25, 0.3) is 0 Å². The summed E-state index contributed by atoms with van der Waals surface area (Å²) in [5.74, 6) is 1.13. The van der Waals surface area contributed by atoms with Gasteiger partial charge in [0, 0.05) is 22.8 Å². The summed E-state index contributed by atoms with van der Waals surface area (Å²) >= 11 is 19.9. The van der Waals surface area contributed by atoms with E-state index in [0.29, 0.717) is 32.5 Å². The topological polar surface area (TPSA) is 39.9 Å². The summed E-state index contributed by atoms with van der Waals surface area (Å²) in [6.07, 6.45) is -0.427. The Kier molecular flexibility index (Phi) is 6.52. The molecule has 1 aromatic heterocycles. The summed E-state index contributed by atoms with van der Waals surface area (Å²) in [7, 11) is 1.85. The van der Waals surface area contributed by atoms with E-state index >= 15 is 0 Å². The van der Waals surface area contributed by atoms with Crippen molar-refractivity contribution in [2.75, 3.05) is 0 Å². The molecule has 1 atom stereocenters. The van der Waals surface area contributed by atoms with E-state index in [0.717, 1.165) is 5.56 Å². The van der Waals surface area contributed by atoms with Crippen LogP contribution < -0.4 is 4.74 Å². The Labute approximate surface area is 175 Å². The monoisotopic (exact) mass is 445 g/mol. The highest BCUT2D eigenvalue weighted by molar-refractivity contribution is 7.98. The zero-order valence-corrected chi connectivity index (χ0v) is 17.5. The summed E-state index contributed by atoms with van der Waals surface area (Å²) in [5.41, 5.74) is 0.845. The zero-order valence-electron chi connectivity index (χ0n) is 14.4. The largest absolute Gasteiger partial charge is 0.481 e. The number of ether oxygens (including phenoxy) is 1. The maximum atomic E-state index is 13.2. The van der Waals surface area contributed by atoms with Gasteiger partial charge in [-0.3, -0.25) is 0 Å². The van der Waals surface area contributed by atoms with Gasteiger partial charge in [-0.1, -0.05) is 52.6 Å². The average molecular weight is 447 g/mol. The van der Waals surface area contributed by atoms with Crippen molar-refractivity contribution in [3.8, 4) is 5.75 Å². The Morgan fingerprint density at radius 3 is 2.48 bits per heavy atom. The number of aromatic nitrogens is 3. The number of rotatable bonds is 6. The second-order valence-corrected chi connectivity index (χ2v) is 7.89. The first-order valence-corrected chi connectivity index (χ1v) is 10.1. The minimum Gasteiger partial charge on any atom is -0.481 e. The molecule has 0 aliphatic carbocycles. The molecular weight excluding hydrogens is 432 g/mol. The van der Waals surface area contributed by atoms with Gasteiger partial charge in [-0.05, 0) is 42.8 Å². The normalized spacial score (nSPS) is 12.2. The van der Waals surface area contributed by atoms with Crippen LogP contribution in [0.5, 0.6) is 5.75 Å². The van der Waals surface area contributed by atoms with E-state index in [9.17, 15) is 4.39 Å². The van der Waals surface area contributed by atoms with Crippen LogP contribution in [0.2, 0.25) is 15.1 Å². The van der Waals surface area contributed by atoms with Gasteiger partial charge in [-0.25, -0.2) is 4.39 Å². The molecule has 0 bridgehead atoms. The van der Waals surface area contributed by atoms with E-state index in [-0.39, 0.29) is 5.02 Å². The number of benzene rings is 2. The molecule has 1 unspecified atom stereocenters. The molecule has 3 rings (SSSR count). The van der Waals surface area contributed by atoms with Crippen molar-refractivity contribution >= 4 is 46.6 Å². The summed E-state index contributed by atoms with van der Waals surface area (Å²) in [6.45, 7) is 1.82. The Morgan fingerprint density at radius 1 is 1.11 bits per heavy atom. The molecule has 3 aromatic rings. The van der Waals surface area contributed by atoms with Gasteiger partial charge in [0.15, 0.2) is 17.1 Å². The zero-order chi connectivity index (χ0) is 19.6. The smallest absolute Gasteiger partial charge is 0.191 e. The van der Waals surface area contributed by atoms with E-state index < -0.39 is 11.9 Å². The van der Waals surface area contributed by atoms with Crippen molar-refractivity contribution in [1.82, 2.24) is 14.8 Å². The highest BCUT2D eigenvalue weighted by atomic mass is 35.5. The molecule has 27 heavy (non-hydrogen) atoms. The van der Waals surface area contributed by atoms with Crippen molar-refractivity contribution in [2.45, 2.75) is 23.9 Å². The van der Waals surface area contributed by atoms with Crippen molar-refractivity contribution in [3.05, 3.63) is 68.7 Å². The van der Waals surface area contributed by atoms with Crippen LogP contribution in [-0.4, -0.2) is 14.8 Å². The van der Waals surface area contributed by atoms with Crippen molar-refractivity contribution in [3.63, 3.8) is 0 Å². The fourth-order valence-corrected chi connectivity index (χ4v) is 4.30. The predicted octanol–water partition coefficient (Wildman–Crippen LogP) is 6.35. The fourth-order valence-electron chi connectivity index (χ4n) is 2.43. The lowest BCUT2D eigenvalue weighted by Gasteiger charge is -2.15. The average Bonchev–Trinajstić information content (AvgIpc) is 2.98. The molecule has 4 nitrogen and oxygen atoms in total. The molecule has 142 valence electrons. The number of hydrogen-bond acceptors (Lipinski definition) is 4. The molecular formula is C18H15Cl3FN3OS. The van der Waals surface area contributed by atoms with Gasteiger partial charge in [0.05, 0.1) is 5.02 Å². The van der Waals surface area contributed by atoms with Crippen LogP contribution >= 0.6 is 46.6 Å². The van der Waals surface area contributed by atoms with Crippen LogP contribution in [0.4, 0.5) is 4.39 Å². The Bertz CT molecular complexity index is 947. The van der Waals surface area contributed by atoms with Gasteiger partial charge in [0.25, 0.3) is 0 Å². The van der Waals surface area contributed by atoms with E-state index in [1.54, 1.807) is 18.2 Å².